The Morgan fingerprint density at radius 1 is 1.60 bits per heavy atom. The molecular formula is C7H13NO2. The Labute approximate surface area is 61.2 Å². The van der Waals surface area contributed by atoms with E-state index in [2.05, 4.69) is 0 Å². The van der Waals surface area contributed by atoms with Crippen LogP contribution < -0.4 is 0 Å². The molecule has 0 amide bonds. The van der Waals surface area contributed by atoms with Crippen LogP contribution in [-0.2, 0) is 9.47 Å². The highest BCUT2D eigenvalue weighted by molar-refractivity contribution is 5.73. The molecule has 0 spiro atoms. The van der Waals surface area contributed by atoms with Gasteiger partial charge in [0.2, 0.25) is 0 Å². The van der Waals surface area contributed by atoms with Crippen molar-refractivity contribution in [3.63, 3.8) is 0 Å². The molecular weight excluding hydrogens is 130 g/mol. The summed E-state index contributed by atoms with van der Waals surface area (Å²) in [4.78, 5) is 0. The van der Waals surface area contributed by atoms with Gasteiger partial charge in [-0.05, 0) is 13.8 Å². The van der Waals surface area contributed by atoms with Crippen molar-refractivity contribution in [2.24, 2.45) is 0 Å². The van der Waals surface area contributed by atoms with E-state index in [1.165, 1.54) is 0 Å². The molecule has 1 N–H and O–H groups in total. The molecule has 3 nitrogen and oxygen atoms in total. The van der Waals surface area contributed by atoms with Crippen molar-refractivity contribution >= 4 is 6.21 Å². The Bertz CT molecular complexity index is 141. The van der Waals surface area contributed by atoms with Crippen LogP contribution in [-0.4, -0.2) is 19.9 Å². The summed E-state index contributed by atoms with van der Waals surface area (Å²) in [6, 6.07) is 0. The van der Waals surface area contributed by atoms with E-state index in [-0.39, 0.29) is 0 Å². The number of ether oxygens (including phenoxy) is 2. The highest BCUT2D eigenvalue weighted by Crippen LogP contribution is 2.02. The van der Waals surface area contributed by atoms with Crippen LogP contribution in [0.25, 0.3) is 0 Å². The van der Waals surface area contributed by atoms with Crippen LogP contribution in [0.2, 0.25) is 0 Å². The summed E-state index contributed by atoms with van der Waals surface area (Å²) in [6.45, 7) is 4.19. The fourth-order valence-electron chi connectivity index (χ4n) is 0.501. The second-order valence-electron chi connectivity index (χ2n) is 1.70. The second-order valence-corrected chi connectivity index (χ2v) is 1.70. The maximum absolute atomic E-state index is 6.91. The normalized spacial score (nSPS) is 11.9. The van der Waals surface area contributed by atoms with Gasteiger partial charge in [-0.2, -0.15) is 0 Å². The molecule has 0 aromatic rings. The van der Waals surface area contributed by atoms with Crippen LogP contribution in [0.1, 0.15) is 13.8 Å². The van der Waals surface area contributed by atoms with E-state index in [4.69, 9.17) is 14.9 Å². The molecule has 3 heteroatoms. The fraction of sp³-hybridized carbons (Fsp3) is 0.571. The molecule has 10 heavy (non-hydrogen) atoms. The summed E-state index contributed by atoms with van der Waals surface area (Å²) < 4.78 is 9.91. The third kappa shape index (κ3) is 2.53. The minimum atomic E-state index is 0.491. The molecule has 0 aliphatic heterocycles. The molecule has 0 aromatic heterocycles. The van der Waals surface area contributed by atoms with Crippen LogP contribution in [0.4, 0.5) is 0 Å². The Balaban J connectivity index is 4.14. The highest BCUT2D eigenvalue weighted by atomic mass is 16.5. The lowest BCUT2D eigenvalue weighted by atomic mass is 10.4. The first kappa shape index (κ1) is 9.01. The van der Waals surface area contributed by atoms with E-state index in [0.717, 1.165) is 6.21 Å². The van der Waals surface area contributed by atoms with Crippen molar-refractivity contribution in [2.45, 2.75) is 13.8 Å². The Kier molecular flexibility index (Phi) is 4.37. The quantitative estimate of drug-likeness (QED) is 0.479. The van der Waals surface area contributed by atoms with Crippen molar-refractivity contribution in [3.05, 3.63) is 11.5 Å². The molecule has 0 saturated heterocycles. The van der Waals surface area contributed by atoms with Gasteiger partial charge in [0.15, 0.2) is 5.76 Å². The van der Waals surface area contributed by atoms with Gasteiger partial charge in [-0.3, -0.25) is 0 Å². The van der Waals surface area contributed by atoms with Crippen LogP contribution in [0, 0.1) is 5.41 Å². The lowest BCUT2D eigenvalue weighted by molar-refractivity contribution is 0.207. The highest BCUT2D eigenvalue weighted by Gasteiger charge is 1.97. The van der Waals surface area contributed by atoms with Gasteiger partial charge in [0.1, 0.15) is 5.76 Å². The van der Waals surface area contributed by atoms with Crippen molar-refractivity contribution in [1.82, 2.24) is 0 Å². The molecule has 0 heterocycles. The molecule has 0 unspecified atom stereocenters. The molecule has 0 aliphatic carbocycles. The van der Waals surface area contributed by atoms with E-state index < -0.39 is 0 Å². The van der Waals surface area contributed by atoms with E-state index in [1.807, 2.05) is 6.92 Å². The van der Waals surface area contributed by atoms with E-state index >= 15 is 0 Å². The minimum Gasteiger partial charge on any atom is -0.497 e. The largest absolute Gasteiger partial charge is 0.497 e. The maximum Gasteiger partial charge on any atom is 0.174 e. The zero-order chi connectivity index (χ0) is 7.98. The Hall–Kier alpha value is -0.990. The van der Waals surface area contributed by atoms with Crippen LogP contribution in [0.5, 0.6) is 0 Å². The standard InChI is InChI=1S/C7H13NO2/c1-4-10-7(5-8)6(2)9-3/h5,8H,4H2,1-3H3/b7-6-,8-5?. The first-order valence-corrected chi connectivity index (χ1v) is 3.14. The average molecular weight is 143 g/mol. The zero-order valence-electron chi connectivity index (χ0n) is 6.60. The van der Waals surface area contributed by atoms with Gasteiger partial charge in [-0.15, -0.1) is 0 Å². The molecule has 0 rings (SSSR count). The summed E-state index contributed by atoms with van der Waals surface area (Å²) in [6.07, 6.45) is 1.14. The van der Waals surface area contributed by atoms with Crippen molar-refractivity contribution in [3.8, 4) is 0 Å². The van der Waals surface area contributed by atoms with Crippen LogP contribution in [0.15, 0.2) is 11.5 Å². The van der Waals surface area contributed by atoms with Gasteiger partial charge in [0, 0.05) is 0 Å². The summed E-state index contributed by atoms with van der Waals surface area (Å²) in [5.41, 5.74) is 0. The smallest absolute Gasteiger partial charge is 0.174 e. The van der Waals surface area contributed by atoms with Crippen molar-refractivity contribution < 1.29 is 9.47 Å². The molecule has 0 fully saturated rings. The Morgan fingerprint density at radius 3 is 2.50 bits per heavy atom. The number of nitrogens with one attached hydrogen (secondary N) is 1. The number of hydrogen-bond donors (Lipinski definition) is 1. The molecule has 58 valence electrons. The topological polar surface area (TPSA) is 42.3 Å². The Morgan fingerprint density at radius 2 is 2.20 bits per heavy atom. The molecule has 0 saturated carbocycles. The molecule has 0 bridgehead atoms. The van der Waals surface area contributed by atoms with Crippen molar-refractivity contribution in [2.75, 3.05) is 13.7 Å². The fourth-order valence-corrected chi connectivity index (χ4v) is 0.501. The summed E-state index contributed by atoms with van der Waals surface area (Å²) >= 11 is 0. The predicted molar refractivity (Wildman–Crippen MR) is 40.1 cm³/mol. The minimum absolute atomic E-state index is 0.491. The summed E-state index contributed by atoms with van der Waals surface area (Å²) in [5.74, 6) is 1.13. The van der Waals surface area contributed by atoms with Gasteiger partial charge in [-0.1, -0.05) is 0 Å². The van der Waals surface area contributed by atoms with E-state index in [9.17, 15) is 0 Å². The second kappa shape index (κ2) is 4.85. The lowest BCUT2D eigenvalue weighted by Gasteiger charge is -2.05. The number of methoxy groups -OCH3 is 1. The van der Waals surface area contributed by atoms with E-state index in [0.29, 0.717) is 18.1 Å². The molecule has 0 aliphatic rings. The number of hydrogen-bond acceptors (Lipinski definition) is 3. The molecule has 0 radical (unpaired) electrons. The lowest BCUT2D eigenvalue weighted by Crippen LogP contribution is -1.97. The summed E-state index contributed by atoms with van der Waals surface area (Å²) in [7, 11) is 1.55. The number of rotatable bonds is 4. The molecule has 0 atom stereocenters. The van der Waals surface area contributed by atoms with Gasteiger partial charge in [0.05, 0.1) is 19.9 Å². The van der Waals surface area contributed by atoms with Gasteiger partial charge in [0.25, 0.3) is 0 Å². The SMILES string of the molecule is CCO/C(C=N)=C(/C)OC. The third-order valence-electron chi connectivity index (χ3n) is 1.08. The van der Waals surface area contributed by atoms with Gasteiger partial charge >= 0.3 is 0 Å². The average Bonchev–Trinajstić information content (AvgIpc) is 1.99. The molecule has 0 aromatic carbocycles. The predicted octanol–water partition coefficient (Wildman–Crippen LogP) is 1.55. The maximum atomic E-state index is 6.91. The van der Waals surface area contributed by atoms with Gasteiger partial charge < -0.3 is 14.9 Å². The van der Waals surface area contributed by atoms with Crippen molar-refractivity contribution in [1.29, 1.82) is 5.41 Å². The third-order valence-corrected chi connectivity index (χ3v) is 1.08. The zero-order valence-corrected chi connectivity index (χ0v) is 6.60. The first-order valence-electron chi connectivity index (χ1n) is 3.14. The number of allylic oxidation sites excluding steroid dienone is 2. The van der Waals surface area contributed by atoms with E-state index in [1.54, 1.807) is 14.0 Å². The summed E-state index contributed by atoms with van der Waals surface area (Å²) in [5, 5.41) is 6.91. The van der Waals surface area contributed by atoms with Crippen LogP contribution >= 0.6 is 0 Å². The van der Waals surface area contributed by atoms with Crippen LogP contribution in [0.3, 0.4) is 0 Å². The monoisotopic (exact) mass is 143 g/mol. The first-order chi connectivity index (χ1) is 4.76. The van der Waals surface area contributed by atoms with Gasteiger partial charge in [-0.25, -0.2) is 0 Å².